The minimum Gasteiger partial charge on any atom is -0.396 e. The van der Waals surface area contributed by atoms with E-state index >= 15 is 0 Å². The number of nitrogens with one attached hydrogen (secondary N) is 1. The lowest BCUT2D eigenvalue weighted by Crippen LogP contribution is -2.03. The zero-order valence-corrected chi connectivity index (χ0v) is 11.9. The molecule has 0 saturated heterocycles. The number of aromatic nitrogens is 1. The second-order valence-corrected chi connectivity index (χ2v) is 4.91. The van der Waals surface area contributed by atoms with Crippen LogP contribution in [-0.4, -0.2) is 4.98 Å². The van der Waals surface area contributed by atoms with Crippen molar-refractivity contribution in [2.24, 2.45) is 5.73 Å². The van der Waals surface area contributed by atoms with Gasteiger partial charge >= 0.3 is 0 Å². The summed E-state index contributed by atoms with van der Waals surface area (Å²) in [7, 11) is 0. The molecule has 0 aliphatic heterocycles. The van der Waals surface area contributed by atoms with Gasteiger partial charge in [0.1, 0.15) is 5.82 Å². The van der Waals surface area contributed by atoms with E-state index in [1.54, 1.807) is 18.2 Å². The van der Waals surface area contributed by atoms with Gasteiger partial charge in [-0.05, 0) is 30.3 Å². The van der Waals surface area contributed by atoms with Crippen LogP contribution in [-0.2, 0) is 0 Å². The van der Waals surface area contributed by atoms with E-state index in [1.807, 2.05) is 0 Å². The van der Waals surface area contributed by atoms with E-state index in [4.69, 9.17) is 5.73 Å². The van der Waals surface area contributed by atoms with Crippen LogP contribution in [0, 0.1) is 17.5 Å². The molecule has 0 amide bonds. The molecule has 2 aromatic carbocycles. The molecule has 3 aromatic rings. The molecule has 6 heteroatoms. The Morgan fingerprint density at radius 3 is 2.52 bits per heavy atom. The lowest BCUT2D eigenvalue weighted by molar-refractivity contribution is 0.509. The molecule has 1 heterocycles. The highest BCUT2D eigenvalue weighted by Crippen LogP contribution is 2.17. The average Bonchev–Trinajstić information content (AvgIpc) is 2.55. The molecule has 23 heavy (non-hydrogen) atoms. The summed E-state index contributed by atoms with van der Waals surface area (Å²) >= 11 is 0. The zero-order valence-electron chi connectivity index (χ0n) is 11.9. The molecule has 0 fully saturated rings. The zero-order chi connectivity index (χ0) is 16.4. The SMILES string of the molecule is N/C(=C\Nc1ccc(F)c(F)c1)c1ccc2ccc(F)cc2n1. The van der Waals surface area contributed by atoms with Crippen LogP contribution in [0.4, 0.5) is 18.9 Å². The normalized spacial score (nSPS) is 11.7. The van der Waals surface area contributed by atoms with E-state index in [0.717, 1.165) is 17.5 Å². The number of rotatable bonds is 3. The van der Waals surface area contributed by atoms with Crippen molar-refractivity contribution in [1.82, 2.24) is 4.98 Å². The smallest absolute Gasteiger partial charge is 0.160 e. The number of hydrogen-bond donors (Lipinski definition) is 2. The largest absolute Gasteiger partial charge is 0.396 e. The van der Waals surface area contributed by atoms with Crippen LogP contribution in [0.2, 0.25) is 0 Å². The number of nitrogens with zero attached hydrogens (tertiary/aromatic N) is 1. The first-order chi connectivity index (χ1) is 11.0. The van der Waals surface area contributed by atoms with Gasteiger partial charge in [0, 0.05) is 29.4 Å². The second kappa shape index (κ2) is 6.00. The molecule has 3 N–H and O–H groups in total. The van der Waals surface area contributed by atoms with Crippen LogP contribution in [0.1, 0.15) is 5.69 Å². The highest BCUT2D eigenvalue weighted by molar-refractivity contribution is 5.80. The standard InChI is InChI=1S/C17H12F3N3/c18-11-3-1-10-2-6-16(23-17(10)7-11)15(21)9-22-12-4-5-13(19)14(20)8-12/h1-9,22H,21H2/b15-9-. The van der Waals surface area contributed by atoms with Crippen LogP contribution in [0.15, 0.2) is 54.7 Å². The Kier molecular flexibility index (Phi) is 3.89. The van der Waals surface area contributed by atoms with E-state index in [0.29, 0.717) is 16.9 Å². The van der Waals surface area contributed by atoms with Crippen molar-refractivity contribution in [1.29, 1.82) is 0 Å². The summed E-state index contributed by atoms with van der Waals surface area (Å²) in [6, 6.07) is 11.2. The summed E-state index contributed by atoms with van der Waals surface area (Å²) in [6.45, 7) is 0. The van der Waals surface area contributed by atoms with Gasteiger partial charge in [0.25, 0.3) is 0 Å². The van der Waals surface area contributed by atoms with Gasteiger partial charge in [-0.25, -0.2) is 18.2 Å². The number of halogens is 3. The molecule has 1 aromatic heterocycles. The highest BCUT2D eigenvalue weighted by atomic mass is 19.2. The molecule has 0 radical (unpaired) electrons. The first-order valence-corrected chi connectivity index (χ1v) is 6.77. The molecule has 0 atom stereocenters. The van der Waals surface area contributed by atoms with Gasteiger partial charge < -0.3 is 11.1 Å². The minimum atomic E-state index is -0.957. The molecule has 0 aliphatic rings. The van der Waals surface area contributed by atoms with E-state index < -0.39 is 11.6 Å². The number of nitrogens with two attached hydrogens (primary N) is 1. The Bertz CT molecular complexity index is 907. The summed E-state index contributed by atoms with van der Waals surface area (Å²) in [5, 5.41) is 3.55. The van der Waals surface area contributed by atoms with Crippen LogP contribution in [0.25, 0.3) is 16.6 Å². The Balaban J connectivity index is 1.86. The molecule has 3 nitrogen and oxygen atoms in total. The number of hydrogen-bond acceptors (Lipinski definition) is 3. The fourth-order valence-corrected chi connectivity index (χ4v) is 2.07. The Labute approximate surface area is 130 Å². The summed E-state index contributed by atoms with van der Waals surface area (Å²) in [5.74, 6) is -2.27. The number of pyridine rings is 1. The maximum atomic E-state index is 13.2. The van der Waals surface area contributed by atoms with Crippen molar-refractivity contribution in [3.63, 3.8) is 0 Å². The lowest BCUT2D eigenvalue weighted by atomic mass is 10.2. The van der Waals surface area contributed by atoms with E-state index in [-0.39, 0.29) is 11.5 Å². The fraction of sp³-hybridized carbons (Fsp3) is 0. The molecular formula is C17H12F3N3. The highest BCUT2D eigenvalue weighted by Gasteiger charge is 2.04. The number of fused-ring (bicyclic) bond motifs is 1. The van der Waals surface area contributed by atoms with Crippen molar-refractivity contribution in [3.05, 3.63) is 77.9 Å². The van der Waals surface area contributed by atoms with Crippen LogP contribution >= 0.6 is 0 Å². The topological polar surface area (TPSA) is 50.9 Å². The van der Waals surface area contributed by atoms with Gasteiger partial charge in [-0.1, -0.05) is 6.07 Å². The third-order valence-corrected chi connectivity index (χ3v) is 3.26. The Hall–Kier alpha value is -3.02. The van der Waals surface area contributed by atoms with Gasteiger partial charge in [-0.15, -0.1) is 0 Å². The summed E-state index contributed by atoms with van der Waals surface area (Å²) < 4.78 is 39.2. The van der Waals surface area contributed by atoms with E-state index in [2.05, 4.69) is 10.3 Å². The molecule has 0 saturated carbocycles. The third kappa shape index (κ3) is 3.26. The first kappa shape index (κ1) is 14.9. The summed E-state index contributed by atoms with van der Waals surface area (Å²) in [6.07, 6.45) is 1.42. The van der Waals surface area contributed by atoms with Gasteiger partial charge in [0.05, 0.1) is 16.9 Å². The molecule has 116 valence electrons. The van der Waals surface area contributed by atoms with Crippen LogP contribution < -0.4 is 11.1 Å². The second-order valence-electron chi connectivity index (χ2n) is 4.91. The van der Waals surface area contributed by atoms with Crippen LogP contribution in [0.3, 0.4) is 0 Å². The monoisotopic (exact) mass is 315 g/mol. The Morgan fingerprint density at radius 1 is 0.957 bits per heavy atom. The minimum absolute atomic E-state index is 0.279. The van der Waals surface area contributed by atoms with Crippen molar-refractivity contribution < 1.29 is 13.2 Å². The molecular weight excluding hydrogens is 303 g/mol. The third-order valence-electron chi connectivity index (χ3n) is 3.26. The van der Waals surface area contributed by atoms with Crippen molar-refractivity contribution in [2.45, 2.75) is 0 Å². The molecule has 0 spiro atoms. The van der Waals surface area contributed by atoms with Gasteiger partial charge in [0.15, 0.2) is 11.6 Å². The molecule has 0 unspecified atom stereocenters. The van der Waals surface area contributed by atoms with Crippen LogP contribution in [0.5, 0.6) is 0 Å². The fourth-order valence-electron chi connectivity index (χ4n) is 2.07. The van der Waals surface area contributed by atoms with E-state index in [9.17, 15) is 13.2 Å². The maximum Gasteiger partial charge on any atom is 0.160 e. The number of anilines is 1. The maximum absolute atomic E-state index is 13.2. The Morgan fingerprint density at radius 2 is 1.74 bits per heavy atom. The predicted molar refractivity (Wildman–Crippen MR) is 83.8 cm³/mol. The van der Waals surface area contributed by atoms with Crippen molar-refractivity contribution in [3.8, 4) is 0 Å². The summed E-state index contributed by atoms with van der Waals surface area (Å²) in [5.41, 5.74) is 7.46. The van der Waals surface area contributed by atoms with Crippen molar-refractivity contribution in [2.75, 3.05) is 5.32 Å². The molecule has 3 rings (SSSR count). The van der Waals surface area contributed by atoms with Gasteiger partial charge in [-0.3, -0.25) is 0 Å². The number of benzene rings is 2. The molecule has 0 bridgehead atoms. The quantitative estimate of drug-likeness (QED) is 0.767. The lowest BCUT2D eigenvalue weighted by Gasteiger charge is -2.06. The average molecular weight is 315 g/mol. The van der Waals surface area contributed by atoms with Gasteiger partial charge in [0.2, 0.25) is 0 Å². The van der Waals surface area contributed by atoms with Gasteiger partial charge in [-0.2, -0.15) is 0 Å². The van der Waals surface area contributed by atoms with E-state index in [1.165, 1.54) is 24.4 Å². The predicted octanol–water partition coefficient (Wildman–Crippen LogP) is 4.02. The summed E-state index contributed by atoms with van der Waals surface area (Å²) in [4.78, 5) is 4.27. The first-order valence-electron chi connectivity index (χ1n) is 6.77. The molecule has 0 aliphatic carbocycles. The van der Waals surface area contributed by atoms with Crippen molar-refractivity contribution >= 4 is 22.3 Å².